The van der Waals surface area contributed by atoms with Gasteiger partial charge in [0.15, 0.2) is 5.00 Å². The first kappa shape index (κ1) is 14.3. The van der Waals surface area contributed by atoms with Gasteiger partial charge < -0.3 is 10.0 Å². The van der Waals surface area contributed by atoms with Crippen molar-refractivity contribution in [1.82, 2.24) is 0 Å². The zero-order valence-electron chi connectivity index (χ0n) is 11.3. The maximum Gasteiger partial charge on any atom is 0.304 e. The molecule has 0 spiro atoms. The predicted octanol–water partition coefficient (Wildman–Crippen LogP) is 3.48. The van der Waals surface area contributed by atoms with Crippen LogP contribution >= 0.6 is 11.3 Å². The first-order chi connectivity index (χ1) is 9.00. The van der Waals surface area contributed by atoms with E-state index in [1.165, 1.54) is 36.7 Å². The molecule has 5 nitrogen and oxygen atoms in total. The van der Waals surface area contributed by atoms with E-state index in [9.17, 15) is 15.2 Å². The van der Waals surface area contributed by atoms with Crippen molar-refractivity contribution in [2.75, 3.05) is 11.9 Å². The van der Waals surface area contributed by atoms with Crippen LogP contribution in [0.15, 0.2) is 6.07 Å². The first-order valence-corrected chi connectivity index (χ1v) is 7.51. The van der Waals surface area contributed by atoms with E-state index in [-0.39, 0.29) is 10.6 Å². The Morgan fingerprint density at radius 2 is 2.11 bits per heavy atom. The molecule has 1 aromatic heterocycles. The predicted molar refractivity (Wildman–Crippen MR) is 76.9 cm³/mol. The van der Waals surface area contributed by atoms with Crippen LogP contribution in [-0.2, 0) is 0 Å². The number of nitrogens with zero attached hydrogens (tertiary/aromatic N) is 2. The number of rotatable bonds is 4. The first-order valence-electron chi connectivity index (χ1n) is 6.69. The number of anilines is 1. The van der Waals surface area contributed by atoms with Crippen molar-refractivity contribution in [3.8, 4) is 0 Å². The summed E-state index contributed by atoms with van der Waals surface area (Å²) in [6.07, 6.45) is 5.17. The SMILES string of the molecule is CC(O)c1cc([N+](=O)[O-])c(N(C)C2CCCCC2)s1. The second-order valence-corrected chi connectivity index (χ2v) is 6.24. The van der Waals surface area contributed by atoms with Crippen molar-refractivity contribution in [2.45, 2.75) is 51.2 Å². The van der Waals surface area contributed by atoms with E-state index in [4.69, 9.17) is 0 Å². The van der Waals surface area contributed by atoms with Gasteiger partial charge in [-0.1, -0.05) is 19.3 Å². The largest absolute Gasteiger partial charge is 0.388 e. The van der Waals surface area contributed by atoms with Gasteiger partial charge in [-0.2, -0.15) is 0 Å². The second-order valence-electron chi connectivity index (χ2n) is 5.17. The van der Waals surface area contributed by atoms with Gasteiger partial charge in [0.1, 0.15) is 0 Å². The van der Waals surface area contributed by atoms with Gasteiger partial charge in [-0.15, -0.1) is 11.3 Å². The minimum Gasteiger partial charge on any atom is -0.388 e. The Kier molecular flexibility index (Phi) is 4.42. The molecule has 1 aliphatic rings. The number of hydrogen-bond donors (Lipinski definition) is 1. The molecule has 19 heavy (non-hydrogen) atoms. The summed E-state index contributed by atoms with van der Waals surface area (Å²) in [5.74, 6) is 0. The fourth-order valence-corrected chi connectivity index (χ4v) is 3.71. The van der Waals surface area contributed by atoms with Crippen LogP contribution in [0, 0.1) is 10.1 Å². The van der Waals surface area contributed by atoms with Crippen LogP contribution in [0.5, 0.6) is 0 Å². The standard InChI is InChI=1S/C13H20N2O3S/c1-9(16)12-8-11(15(17)18)13(19-12)14(2)10-6-4-3-5-7-10/h8-10,16H,3-7H2,1-2H3. The topological polar surface area (TPSA) is 66.6 Å². The molecule has 0 aromatic carbocycles. The molecule has 106 valence electrons. The van der Waals surface area contributed by atoms with Crippen LogP contribution in [0.25, 0.3) is 0 Å². The van der Waals surface area contributed by atoms with Crippen molar-refractivity contribution in [2.24, 2.45) is 0 Å². The van der Waals surface area contributed by atoms with Gasteiger partial charge in [-0.05, 0) is 19.8 Å². The summed E-state index contributed by atoms with van der Waals surface area (Å²) in [6.45, 7) is 1.64. The molecule has 1 N–H and O–H groups in total. The average molecular weight is 284 g/mol. The summed E-state index contributed by atoms with van der Waals surface area (Å²) >= 11 is 1.33. The van der Waals surface area contributed by atoms with E-state index >= 15 is 0 Å². The molecule has 0 saturated heterocycles. The van der Waals surface area contributed by atoms with E-state index in [1.807, 2.05) is 11.9 Å². The van der Waals surface area contributed by atoms with Gasteiger partial charge in [-0.25, -0.2) is 0 Å². The summed E-state index contributed by atoms with van der Waals surface area (Å²) in [4.78, 5) is 13.5. The minimum atomic E-state index is -0.655. The van der Waals surface area contributed by atoms with Crippen molar-refractivity contribution < 1.29 is 10.0 Å². The van der Waals surface area contributed by atoms with Gasteiger partial charge in [0.25, 0.3) is 0 Å². The molecule has 1 aromatic rings. The molecule has 0 aliphatic heterocycles. The van der Waals surface area contributed by atoms with Crippen LogP contribution in [0.4, 0.5) is 10.7 Å². The lowest BCUT2D eigenvalue weighted by atomic mass is 9.94. The van der Waals surface area contributed by atoms with Gasteiger partial charge in [-0.3, -0.25) is 10.1 Å². The average Bonchev–Trinajstić information content (AvgIpc) is 2.84. The van der Waals surface area contributed by atoms with Crippen molar-refractivity contribution >= 4 is 22.0 Å². The summed E-state index contributed by atoms with van der Waals surface area (Å²) < 4.78 is 0. The van der Waals surface area contributed by atoms with Crippen molar-refractivity contribution in [1.29, 1.82) is 0 Å². The Bertz CT molecular complexity index is 453. The van der Waals surface area contributed by atoms with Crippen LogP contribution < -0.4 is 4.90 Å². The summed E-state index contributed by atoms with van der Waals surface area (Å²) in [5.41, 5.74) is 0.119. The number of nitro groups is 1. The van der Waals surface area contributed by atoms with Gasteiger partial charge in [0.05, 0.1) is 11.0 Å². The Labute approximate surface area is 117 Å². The number of hydrogen-bond acceptors (Lipinski definition) is 5. The molecule has 6 heteroatoms. The molecule has 1 unspecified atom stereocenters. The zero-order valence-corrected chi connectivity index (χ0v) is 12.2. The number of thiophene rings is 1. The van der Waals surface area contributed by atoms with Gasteiger partial charge in [0, 0.05) is 24.0 Å². The lowest BCUT2D eigenvalue weighted by molar-refractivity contribution is -0.383. The molecule has 1 aliphatic carbocycles. The highest BCUT2D eigenvalue weighted by molar-refractivity contribution is 7.16. The zero-order chi connectivity index (χ0) is 14.0. The Morgan fingerprint density at radius 3 is 2.63 bits per heavy atom. The molecule has 0 amide bonds. The van der Waals surface area contributed by atoms with Gasteiger partial charge >= 0.3 is 5.69 Å². The van der Waals surface area contributed by atoms with Crippen LogP contribution in [0.1, 0.15) is 50.0 Å². The number of aliphatic hydroxyl groups excluding tert-OH is 1. The lowest BCUT2D eigenvalue weighted by Crippen LogP contribution is -2.33. The third kappa shape index (κ3) is 3.06. The Balaban J connectivity index is 2.28. The Morgan fingerprint density at radius 1 is 1.47 bits per heavy atom. The lowest BCUT2D eigenvalue weighted by Gasteiger charge is -2.31. The quantitative estimate of drug-likeness (QED) is 0.679. The molecule has 1 heterocycles. The van der Waals surface area contributed by atoms with Crippen LogP contribution in [0.3, 0.4) is 0 Å². The second kappa shape index (κ2) is 5.88. The highest BCUT2D eigenvalue weighted by Gasteiger charge is 2.28. The van der Waals surface area contributed by atoms with Crippen LogP contribution in [0.2, 0.25) is 0 Å². The molecule has 0 radical (unpaired) electrons. The van der Waals surface area contributed by atoms with E-state index in [0.717, 1.165) is 12.8 Å². The highest BCUT2D eigenvalue weighted by Crippen LogP contribution is 2.41. The molecule has 1 fully saturated rings. The van der Waals surface area contributed by atoms with Crippen molar-refractivity contribution in [3.05, 3.63) is 21.1 Å². The third-order valence-corrected chi connectivity index (χ3v) is 5.15. The Hall–Kier alpha value is -1.14. The summed E-state index contributed by atoms with van der Waals surface area (Å²) in [7, 11) is 1.93. The van der Waals surface area contributed by atoms with Crippen LogP contribution in [-0.4, -0.2) is 23.1 Å². The molecular weight excluding hydrogens is 264 g/mol. The molecular formula is C13H20N2O3S. The van der Waals surface area contributed by atoms with Gasteiger partial charge in [0.2, 0.25) is 0 Å². The fraction of sp³-hybridized carbons (Fsp3) is 0.692. The molecule has 2 rings (SSSR count). The fourth-order valence-electron chi connectivity index (χ4n) is 2.61. The van der Waals surface area contributed by atoms with E-state index in [0.29, 0.717) is 15.9 Å². The summed E-state index contributed by atoms with van der Waals surface area (Å²) in [5, 5.41) is 21.4. The highest BCUT2D eigenvalue weighted by atomic mass is 32.1. The normalized spacial score (nSPS) is 18.3. The maximum atomic E-state index is 11.1. The summed E-state index contributed by atoms with van der Waals surface area (Å²) in [6, 6.07) is 1.89. The monoisotopic (exact) mass is 284 g/mol. The van der Waals surface area contributed by atoms with E-state index < -0.39 is 6.10 Å². The maximum absolute atomic E-state index is 11.1. The molecule has 1 atom stereocenters. The molecule has 1 saturated carbocycles. The number of aliphatic hydroxyl groups is 1. The minimum absolute atomic E-state index is 0.119. The smallest absolute Gasteiger partial charge is 0.304 e. The van der Waals surface area contributed by atoms with Crippen molar-refractivity contribution in [3.63, 3.8) is 0 Å². The van der Waals surface area contributed by atoms with E-state index in [2.05, 4.69) is 0 Å². The van der Waals surface area contributed by atoms with E-state index in [1.54, 1.807) is 6.92 Å². The third-order valence-electron chi connectivity index (χ3n) is 3.76. The molecule has 0 bridgehead atoms.